The van der Waals surface area contributed by atoms with E-state index in [4.69, 9.17) is 0 Å². The van der Waals surface area contributed by atoms with Crippen molar-refractivity contribution in [2.45, 2.75) is 38.1 Å². The minimum Gasteiger partial charge on any atom is -0.477 e. The molecule has 1 aliphatic carbocycles. The van der Waals surface area contributed by atoms with Gasteiger partial charge in [-0.25, -0.2) is 4.79 Å². The van der Waals surface area contributed by atoms with E-state index in [2.05, 4.69) is 21.0 Å². The van der Waals surface area contributed by atoms with E-state index in [0.29, 0.717) is 11.1 Å². The molecule has 1 saturated carbocycles. The summed E-state index contributed by atoms with van der Waals surface area (Å²) >= 11 is 3.39. The number of aromatic nitrogens is 2. The number of hydrogen-bond donors (Lipinski definition) is 1. The molecule has 0 bridgehead atoms. The summed E-state index contributed by atoms with van der Waals surface area (Å²) in [5.41, 5.74) is 1.08. The molecule has 2 aromatic rings. The van der Waals surface area contributed by atoms with Crippen molar-refractivity contribution >= 4 is 32.8 Å². The maximum Gasteiger partial charge on any atom is 0.354 e. The fourth-order valence-corrected chi connectivity index (χ4v) is 3.24. The Kier molecular flexibility index (Phi) is 3.31. The van der Waals surface area contributed by atoms with Gasteiger partial charge in [-0.1, -0.05) is 35.2 Å². The summed E-state index contributed by atoms with van der Waals surface area (Å²) < 4.78 is 2.61. The topological polar surface area (TPSA) is 55.1 Å². The summed E-state index contributed by atoms with van der Waals surface area (Å²) in [6.45, 7) is 0. The number of halogens is 1. The lowest BCUT2D eigenvalue weighted by Gasteiger charge is -2.22. The number of nitrogens with zero attached hydrogens (tertiary/aromatic N) is 2. The first-order chi connectivity index (χ1) is 9.16. The highest BCUT2D eigenvalue weighted by Crippen LogP contribution is 2.32. The molecule has 5 heteroatoms. The summed E-state index contributed by atoms with van der Waals surface area (Å²) in [5.74, 6) is -0.897. The van der Waals surface area contributed by atoms with Gasteiger partial charge in [-0.2, -0.15) is 5.10 Å². The Morgan fingerprint density at radius 1 is 1.32 bits per heavy atom. The van der Waals surface area contributed by atoms with Crippen LogP contribution in [0, 0.1) is 0 Å². The number of hydrogen-bond acceptors (Lipinski definition) is 2. The van der Waals surface area contributed by atoms with Crippen LogP contribution in [0.25, 0.3) is 10.9 Å². The van der Waals surface area contributed by atoms with E-state index in [1.165, 1.54) is 6.42 Å². The van der Waals surface area contributed by atoms with Crippen LogP contribution in [0.3, 0.4) is 0 Å². The van der Waals surface area contributed by atoms with E-state index in [1.807, 2.05) is 18.2 Å². The number of aromatic carboxylic acids is 1. The Labute approximate surface area is 119 Å². The molecule has 3 rings (SSSR count). The first kappa shape index (κ1) is 12.7. The second-order valence-corrected chi connectivity index (χ2v) is 5.97. The quantitative estimate of drug-likeness (QED) is 0.909. The average Bonchev–Trinajstić information content (AvgIpc) is 2.78. The highest BCUT2D eigenvalue weighted by Gasteiger charge is 2.24. The second kappa shape index (κ2) is 4.96. The molecule has 1 aromatic heterocycles. The van der Waals surface area contributed by atoms with Gasteiger partial charge in [-0.05, 0) is 31.0 Å². The summed E-state index contributed by atoms with van der Waals surface area (Å²) in [5, 5.41) is 14.7. The van der Waals surface area contributed by atoms with E-state index in [0.717, 1.165) is 35.7 Å². The number of carboxylic acids is 1. The van der Waals surface area contributed by atoms with Crippen molar-refractivity contribution in [3.63, 3.8) is 0 Å². The monoisotopic (exact) mass is 322 g/mol. The maximum absolute atomic E-state index is 11.6. The van der Waals surface area contributed by atoms with E-state index >= 15 is 0 Å². The van der Waals surface area contributed by atoms with Crippen LogP contribution in [0.4, 0.5) is 0 Å². The third kappa shape index (κ3) is 2.27. The molecule has 0 spiro atoms. The van der Waals surface area contributed by atoms with Gasteiger partial charge in [0.15, 0.2) is 5.69 Å². The van der Waals surface area contributed by atoms with Crippen LogP contribution in [0.5, 0.6) is 0 Å². The predicted octanol–water partition coefficient (Wildman–Crippen LogP) is 4.00. The molecule has 0 atom stereocenters. The fourth-order valence-electron chi connectivity index (χ4n) is 2.88. The molecular weight excluding hydrogens is 308 g/mol. The van der Waals surface area contributed by atoms with Crippen LogP contribution in [0.2, 0.25) is 0 Å². The van der Waals surface area contributed by atoms with Crippen LogP contribution in [-0.4, -0.2) is 20.9 Å². The zero-order valence-electron chi connectivity index (χ0n) is 10.5. The molecule has 0 unspecified atom stereocenters. The Morgan fingerprint density at radius 3 is 2.74 bits per heavy atom. The summed E-state index contributed by atoms with van der Waals surface area (Å²) in [4.78, 5) is 11.6. The molecule has 1 N–H and O–H groups in total. The van der Waals surface area contributed by atoms with Crippen molar-refractivity contribution in [3.8, 4) is 0 Å². The Morgan fingerprint density at radius 2 is 2.05 bits per heavy atom. The molecule has 0 amide bonds. The molecular formula is C14H15BrN2O2. The highest BCUT2D eigenvalue weighted by molar-refractivity contribution is 9.10. The lowest BCUT2D eigenvalue weighted by molar-refractivity contribution is 0.0680. The number of benzene rings is 1. The Hall–Kier alpha value is -1.36. The largest absolute Gasteiger partial charge is 0.477 e. The van der Waals surface area contributed by atoms with E-state index in [1.54, 1.807) is 4.68 Å². The first-order valence-electron chi connectivity index (χ1n) is 6.58. The van der Waals surface area contributed by atoms with Gasteiger partial charge in [0, 0.05) is 9.86 Å². The van der Waals surface area contributed by atoms with Gasteiger partial charge >= 0.3 is 5.97 Å². The van der Waals surface area contributed by atoms with Crippen molar-refractivity contribution in [2.24, 2.45) is 0 Å². The van der Waals surface area contributed by atoms with Gasteiger partial charge in [-0.3, -0.25) is 4.68 Å². The standard InChI is InChI=1S/C14H15BrN2O2/c15-9-6-7-12-11(8-9)13(14(18)19)17(16-12)10-4-2-1-3-5-10/h6-8,10H,1-5H2,(H,18,19). The third-order valence-corrected chi connectivity index (χ3v) is 4.27. The SMILES string of the molecule is O=C(O)c1c2cc(Br)ccc2nn1C1CCCCC1. The summed E-state index contributed by atoms with van der Waals surface area (Å²) in [6.07, 6.45) is 5.60. The van der Waals surface area contributed by atoms with Crippen molar-refractivity contribution < 1.29 is 9.90 Å². The van der Waals surface area contributed by atoms with Gasteiger partial charge in [0.2, 0.25) is 0 Å². The molecule has 1 aromatic carbocycles. The zero-order chi connectivity index (χ0) is 13.4. The Bertz CT molecular complexity index is 630. The number of carboxylic acid groups (broad SMARTS) is 1. The number of fused-ring (bicyclic) bond motifs is 1. The molecule has 1 heterocycles. The minimum atomic E-state index is -0.897. The van der Waals surface area contributed by atoms with Crippen LogP contribution < -0.4 is 0 Å². The van der Waals surface area contributed by atoms with Crippen LogP contribution in [0.15, 0.2) is 22.7 Å². The van der Waals surface area contributed by atoms with Crippen LogP contribution in [0.1, 0.15) is 48.6 Å². The zero-order valence-corrected chi connectivity index (χ0v) is 12.1. The molecule has 100 valence electrons. The van der Waals surface area contributed by atoms with Crippen LogP contribution >= 0.6 is 15.9 Å². The lowest BCUT2D eigenvalue weighted by atomic mass is 9.95. The molecule has 0 aliphatic heterocycles. The van der Waals surface area contributed by atoms with Gasteiger partial charge in [0.1, 0.15) is 0 Å². The van der Waals surface area contributed by atoms with Gasteiger partial charge in [-0.15, -0.1) is 0 Å². The lowest BCUT2D eigenvalue weighted by Crippen LogP contribution is -2.19. The Balaban J connectivity index is 2.17. The molecule has 19 heavy (non-hydrogen) atoms. The van der Waals surface area contributed by atoms with Crippen LogP contribution in [-0.2, 0) is 0 Å². The molecule has 0 saturated heterocycles. The predicted molar refractivity (Wildman–Crippen MR) is 76.5 cm³/mol. The number of carbonyl (C=O) groups is 1. The molecule has 1 aliphatic rings. The van der Waals surface area contributed by atoms with E-state index in [-0.39, 0.29) is 6.04 Å². The fraction of sp³-hybridized carbons (Fsp3) is 0.429. The molecule has 1 fully saturated rings. The van der Waals surface area contributed by atoms with Gasteiger partial charge in [0.05, 0.1) is 11.6 Å². The van der Waals surface area contributed by atoms with Crippen molar-refractivity contribution in [1.29, 1.82) is 0 Å². The van der Waals surface area contributed by atoms with Crippen molar-refractivity contribution in [3.05, 3.63) is 28.4 Å². The molecule has 4 nitrogen and oxygen atoms in total. The van der Waals surface area contributed by atoms with E-state index < -0.39 is 5.97 Å². The smallest absolute Gasteiger partial charge is 0.354 e. The third-order valence-electron chi connectivity index (χ3n) is 3.78. The maximum atomic E-state index is 11.6. The van der Waals surface area contributed by atoms with Crippen molar-refractivity contribution in [2.75, 3.05) is 0 Å². The van der Waals surface area contributed by atoms with Gasteiger partial charge in [0.25, 0.3) is 0 Å². The summed E-state index contributed by atoms with van der Waals surface area (Å²) in [6, 6.07) is 5.83. The minimum absolute atomic E-state index is 0.228. The second-order valence-electron chi connectivity index (χ2n) is 5.05. The number of rotatable bonds is 2. The van der Waals surface area contributed by atoms with E-state index in [9.17, 15) is 9.90 Å². The molecule has 0 radical (unpaired) electrons. The normalized spacial score (nSPS) is 16.9. The summed E-state index contributed by atoms with van der Waals surface area (Å²) in [7, 11) is 0. The van der Waals surface area contributed by atoms with Gasteiger partial charge < -0.3 is 5.11 Å². The first-order valence-corrected chi connectivity index (χ1v) is 7.37. The average molecular weight is 323 g/mol. The van der Waals surface area contributed by atoms with Crippen molar-refractivity contribution in [1.82, 2.24) is 9.78 Å². The highest BCUT2D eigenvalue weighted by atomic mass is 79.9.